The summed E-state index contributed by atoms with van der Waals surface area (Å²) in [6.07, 6.45) is 1.84. The van der Waals surface area contributed by atoms with Crippen LogP contribution in [0.5, 0.6) is 0 Å². The smallest absolute Gasteiger partial charge is 0.236 e. The van der Waals surface area contributed by atoms with Crippen molar-refractivity contribution in [1.82, 2.24) is 5.32 Å². The van der Waals surface area contributed by atoms with Crippen LogP contribution in [0.25, 0.3) is 0 Å². The molecule has 3 N–H and O–H groups in total. The van der Waals surface area contributed by atoms with E-state index in [2.05, 4.69) is 33.0 Å². The van der Waals surface area contributed by atoms with E-state index in [0.29, 0.717) is 11.8 Å². The molecule has 1 amide bonds. The minimum atomic E-state index is -0.348. The average molecular weight is 200 g/mol. The van der Waals surface area contributed by atoms with Crippen LogP contribution in [-0.4, -0.2) is 18.5 Å². The zero-order chi connectivity index (χ0) is 11.1. The Bertz CT molecular complexity index is 169. The van der Waals surface area contributed by atoms with Crippen LogP contribution in [0.3, 0.4) is 0 Å². The van der Waals surface area contributed by atoms with E-state index < -0.39 is 0 Å². The molecule has 0 spiro atoms. The van der Waals surface area contributed by atoms with E-state index in [1.54, 1.807) is 0 Å². The Labute approximate surface area is 87.4 Å². The second kappa shape index (κ2) is 6.82. The van der Waals surface area contributed by atoms with Crippen molar-refractivity contribution in [2.45, 2.75) is 46.6 Å². The van der Waals surface area contributed by atoms with E-state index >= 15 is 0 Å². The number of hydrogen-bond donors (Lipinski definition) is 2. The van der Waals surface area contributed by atoms with Gasteiger partial charge in [0.25, 0.3) is 0 Å². The Kier molecular flexibility index (Phi) is 6.54. The fourth-order valence-electron chi connectivity index (χ4n) is 1.17. The Morgan fingerprint density at radius 2 is 1.93 bits per heavy atom. The van der Waals surface area contributed by atoms with Crippen molar-refractivity contribution in [1.29, 1.82) is 0 Å². The van der Waals surface area contributed by atoms with Crippen molar-refractivity contribution < 1.29 is 4.79 Å². The van der Waals surface area contributed by atoms with Gasteiger partial charge >= 0.3 is 0 Å². The number of amides is 1. The van der Waals surface area contributed by atoms with E-state index in [1.165, 1.54) is 0 Å². The normalized spacial score (nSPS) is 15.3. The van der Waals surface area contributed by atoms with Gasteiger partial charge in [0, 0.05) is 6.54 Å². The number of nitrogens with two attached hydrogens (primary N) is 1. The van der Waals surface area contributed by atoms with Gasteiger partial charge < -0.3 is 11.1 Å². The van der Waals surface area contributed by atoms with Crippen molar-refractivity contribution in [2.75, 3.05) is 6.54 Å². The van der Waals surface area contributed by atoms with Crippen LogP contribution in [0.15, 0.2) is 0 Å². The number of hydrogen-bond acceptors (Lipinski definition) is 2. The number of rotatable bonds is 6. The zero-order valence-electron chi connectivity index (χ0n) is 9.84. The maximum Gasteiger partial charge on any atom is 0.236 e. The van der Waals surface area contributed by atoms with Gasteiger partial charge in [-0.2, -0.15) is 0 Å². The van der Waals surface area contributed by atoms with Gasteiger partial charge in [-0.25, -0.2) is 0 Å². The summed E-state index contributed by atoms with van der Waals surface area (Å²) in [5, 5.41) is 2.87. The molecule has 0 unspecified atom stereocenters. The third-order valence-corrected chi connectivity index (χ3v) is 2.38. The van der Waals surface area contributed by atoms with Crippen LogP contribution < -0.4 is 11.1 Å². The lowest BCUT2D eigenvalue weighted by Gasteiger charge is -2.16. The maximum absolute atomic E-state index is 11.5. The maximum atomic E-state index is 11.5. The van der Waals surface area contributed by atoms with Crippen molar-refractivity contribution in [3.8, 4) is 0 Å². The molecule has 0 bridgehead atoms. The molecule has 0 aliphatic carbocycles. The minimum absolute atomic E-state index is 0.0148. The number of nitrogens with one attached hydrogen (secondary N) is 1. The second-order valence-corrected chi connectivity index (χ2v) is 4.49. The van der Waals surface area contributed by atoms with Crippen LogP contribution in [0.4, 0.5) is 0 Å². The SMILES string of the molecule is CC[C@H](C)CNC(=O)[C@H](N)CC(C)C. The molecule has 84 valence electrons. The highest BCUT2D eigenvalue weighted by Crippen LogP contribution is 2.03. The molecule has 14 heavy (non-hydrogen) atoms. The largest absolute Gasteiger partial charge is 0.354 e. The molecule has 0 aliphatic rings. The van der Waals surface area contributed by atoms with Crippen LogP contribution in [0.2, 0.25) is 0 Å². The van der Waals surface area contributed by atoms with Gasteiger partial charge in [0.2, 0.25) is 5.91 Å². The van der Waals surface area contributed by atoms with Crippen molar-refractivity contribution in [2.24, 2.45) is 17.6 Å². The molecule has 3 heteroatoms. The van der Waals surface area contributed by atoms with Crippen molar-refractivity contribution in [3.63, 3.8) is 0 Å². The molecule has 0 aromatic rings. The summed E-state index contributed by atoms with van der Waals surface area (Å²) in [6.45, 7) is 9.11. The molecule has 2 atom stereocenters. The number of carbonyl (C=O) groups excluding carboxylic acids is 1. The molecular weight excluding hydrogens is 176 g/mol. The molecule has 0 rings (SSSR count). The molecule has 0 saturated heterocycles. The Balaban J connectivity index is 3.73. The first-order valence-corrected chi connectivity index (χ1v) is 5.50. The topological polar surface area (TPSA) is 55.1 Å². The van der Waals surface area contributed by atoms with Crippen LogP contribution >= 0.6 is 0 Å². The van der Waals surface area contributed by atoms with Crippen LogP contribution in [0.1, 0.15) is 40.5 Å². The lowest BCUT2D eigenvalue weighted by Crippen LogP contribution is -2.42. The monoisotopic (exact) mass is 200 g/mol. The third kappa shape index (κ3) is 5.97. The summed E-state index contributed by atoms with van der Waals surface area (Å²) in [5.41, 5.74) is 5.73. The first-order valence-electron chi connectivity index (χ1n) is 5.50. The van der Waals surface area contributed by atoms with Gasteiger partial charge in [0.05, 0.1) is 6.04 Å². The summed E-state index contributed by atoms with van der Waals surface area (Å²) in [7, 11) is 0. The van der Waals surface area contributed by atoms with E-state index in [9.17, 15) is 4.79 Å². The summed E-state index contributed by atoms with van der Waals surface area (Å²) in [4.78, 5) is 11.5. The summed E-state index contributed by atoms with van der Waals surface area (Å²) >= 11 is 0. The summed E-state index contributed by atoms with van der Waals surface area (Å²) in [5.74, 6) is 0.989. The summed E-state index contributed by atoms with van der Waals surface area (Å²) in [6, 6.07) is -0.348. The molecule has 3 nitrogen and oxygen atoms in total. The predicted molar refractivity (Wildman–Crippen MR) is 59.9 cm³/mol. The van der Waals surface area contributed by atoms with E-state index in [0.717, 1.165) is 19.4 Å². The van der Waals surface area contributed by atoms with Gasteiger partial charge in [-0.1, -0.05) is 34.1 Å². The first kappa shape index (κ1) is 13.4. The first-order chi connectivity index (χ1) is 6.47. The number of carbonyl (C=O) groups is 1. The second-order valence-electron chi connectivity index (χ2n) is 4.49. The highest BCUT2D eigenvalue weighted by Gasteiger charge is 2.14. The van der Waals surface area contributed by atoms with E-state index in [-0.39, 0.29) is 11.9 Å². The fourth-order valence-corrected chi connectivity index (χ4v) is 1.17. The zero-order valence-corrected chi connectivity index (χ0v) is 9.84. The molecule has 0 aliphatic heterocycles. The third-order valence-electron chi connectivity index (χ3n) is 2.38. The Morgan fingerprint density at radius 3 is 2.36 bits per heavy atom. The lowest BCUT2D eigenvalue weighted by molar-refractivity contribution is -0.122. The highest BCUT2D eigenvalue weighted by atomic mass is 16.2. The standard InChI is InChI=1S/C11H24N2O/c1-5-9(4)7-13-11(14)10(12)6-8(2)3/h8-10H,5-7,12H2,1-4H3,(H,13,14)/t9-,10+/m0/s1. The van der Waals surface area contributed by atoms with Crippen LogP contribution in [-0.2, 0) is 4.79 Å². The quantitative estimate of drug-likeness (QED) is 0.683. The molecule has 0 aromatic heterocycles. The molecule has 0 aromatic carbocycles. The van der Waals surface area contributed by atoms with Gasteiger partial charge in [-0.3, -0.25) is 4.79 Å². The molecule has 0 fully saturated rings. The molecule has 0 heterocycles. The summed E-state index contributed by atoms with van der Waals surface area (Å²) < 4.78 is 0. The van der Waals surface area contributed by atoms with E-state index in [1.807, 2.05) is 0 Å². The highest BCUT2D eigenvalue weighted by molar-refractivity contribution is 5.81. The molecule has 0 saturated carbocycles. The average Bonchev–Trinajstić information content (AvgIpc) is 2.12. The lowest BCUT2D eigenvalue weighted by atomic mass is 10.0. The Hall–Kier alpha value is -0.570. The van der Waals surface area contributed by atoms with Crippen molar-refractivity contribution in [3.05, 3.63) is 0 Å². The van der Waals surface area contributed by atoms with Gasteiger partial charge in [-0.15, -0.1) is 0 Å². The van der Waals surface area contributed by atoms with Crippen molar-refractivity contribution >= 4 is 5.91 Å². The van der Waals surface area contributed by atoms with Gasteiger partial charge in [-0.05, 0) is 18.3 Å². The molecular formula is C11H24N2O. The van der Waals surface area contributed by atoms with Gasteiger partial charge in [0.1, 0.15) is 0 Å². The Morgan fingerprint density at radius 1 is 1.36 bits per heavy atom. The minimum Gasteiger partial charge on any atom is -0.354 e. The van der Waals surface area contributed by atoms with E-state index in [4.69, 9.17) is 5.73 Å². The fraction of sp³-hybridized carbons (Fsp3) is 0.909. The predicted octanol–water partition coefficient (Wildman–Crippen LogP) is 1.52. The molecule has 0 radical (unpaired) electrons. The van der Waals surface area contributed by atoms with Crippen LogP contribution in [0, 0.1) is 11.8 Å². The van der Waals surface area contributed by atoms with Gasteiger partial charge in [0.15, 0.2) is 0 Å².